The Morgan fingerprint density at radius 2 is 2.60 bits per heavy atom. The Morgan fingerprint density at radius 1 is 1.60 bits per heavy atom. The zero-order valence-corrected chi connectivity index (χ0v) is 5.76. The van der Waals surface area contributed by atoms with Crippen LogP contribution in [0.5, 0.6) is 0 Å². The fraction of sp³-hybridized carbons (Fsp3) is 0. The van der Waals surface area contributed by atoms with Gasteiger partial charge in [0.1, 0.15) is 0 Å². The highest BCUT2D eigenvalue weighted by Gasteiger charge is 2.02. The average Bonchev–Trinajstić information content (AvgIpc) is 2.59. The Labute approximate surface area is 61.3 Å². The third-order valence-electron chi connectivity index (χ3n) is 1.07. The summed E-state index contributed by atoms with van der Waals surface area (Å²) in [6.07, 6.45) is 2.62. The Kier molecular flexibility index (Phi) is 1.25. The number of hydrogen-bond acceptors (Lipinski definition) is 4. The van der Waals surface area contributed by atoms with Crippen LogP contribution >= 0.6 is 11.3 Å². The number of aromatic nitrogens is 2. The van der Waals surface area contributed by atoms with E-state index >= 15 is 0 Å². The van der Waals surface area contributed by atoms with Gasteiger partial charge in [-0.3, -0.25) is 0 Å². The summed E-state index contributed by atoms with van der Waals surface area (Å²) in [4.78, 5) is 1.00. The van der Waals surface area contributed by atoms with Crippen molar-refractivity contribution in [3.63, 3.8) is 0 Å². The molecule has 0 spiro atoms. The molecule has 0 aromatic carbocycles. The highest BCUT2D eigenvalue weighted by Crippen LogP contribution is 2.21. The van der Waals surface area contributed by atoms with Crippen LogP contribution in [0.3, 0.4) is 0 Å². The Morgan fingerprint density at radius 3 is 3.20 bits per heavy atom. The second-order valence-corrected chi connectivity index (χ2v) is 2.64. The van der Waals surface area contributed by atoms with Crippen molar-refractivity contribution in [3.8, 4) is 10.6 Å². The second kappa shape index (κ2) is 2.22. The highest BCUT2D eigenvalue weighted by molar-refractivity contribution is 7.13. The van der Waals surface area contributed by atoms with Crippen molar-refractivity contribution in [2.75, 3.05) is 0 Å². The van der Waals surface area contributed by atoms with Gasteiger partial charge in [-0.15, -0.1) is 16.4 Å². The minimum absolute atomic E-state index is 0.606. The molecule has 2 heterocycles. The summed E-state index contributed by atoms with van der Waals surface area (Å²) in [5.41, 5.74) is 0. The first-order valence-electron chi connectivity index (χ1n) is 2.71. The van der Waals surface area contributed by atoms with E-state index in [1.54, 1.807) is 11.3 Å². The fourth-order valence-corrected chi connectivity index (χ4v) is 1.31. The molecule has 0 unspecified atom stereocenters. The lowest BCUT2D eigenvalue weighted by atomic mass is 10.4. The molecule has 0 aliphatic heterocycles. The number of thiophene rings is 1. The molecule has 0 saturated heterocycles. The van der Waals surface area contributed by atoms with Gasteiger partial charge in [0, 0.05) is 5.27 Å². The zero-order valence-electron chi connectivity index (χ0n) is 4.94. The standard InChI is InChI=1S/C6H3N2OS/c1-2-6(10-3-1)5-4-7-8-9-5/h1-3H. The van der Waals surface area contributed by atoms with E-state index in [0.29, 0.717) is 5.76 Å². The quantitative estimate of drug-likeness (QED) is 0.621. The average molecular weight is 151 g/mol. The van der Waals surface area contributed by atoms with E-state index in [4.69, 9.17) is 4.52 Å². The molecule has 0 N–H and O–H groups in total. The van der Waals surface area contributed by atoms with E-state index in [0.717, 1.165) is 4.88 Å². The van der Waals surface area contributed by atoms with Crippen molar-refractivity contribution in [2.24, 2.45) is 0 Å². The molecule has 0 fully saturated rings. The third kappa shape index (κ3) is 0.823. The monoisotopic (exact) mass is 151 g/mol. The van der Waals surface area contributed by atoms with Gasteiger partial charge in [0.15, 0.2) is 6.20 Å². The summed E-state index contributed by atoms with van der Waals surface area (Å²) in [7, 11) is 0. The molecule has 2 aromatic heterocycles. The van der Waals surface area contributed by atoms with E-state index in [-0.39, 0.29) is 0 Å². The minimum atomic E-state index is 0.606. The van der Waals surface area contributed by atoms with Crippen LogP contribution in [-0.4, -0.2) is 10.4 Å². The normalized spacial score (nSPS) is 10.0. The van der Waals surface area contributed by atoms with Crippen molar-refractivity contribution in [3.05, 3.63) is 23.7 Å². The van der Waals surface area contributed by atoms with E-state index in [1.807, 2.05) is 17.5 Å². The van der Waals surface area contributed by atoms with E-state index in [9.17, 15) is 0 Å². The smallest absolute Gasteiger partial charge is 0.207 e. The van der Waals surface area contributed by atoms with E-state index in [2.05, 4.69) is 16.6 Å². The van der Waals surface area contributed by atoms with Crippen molar-refractivity contribution in [1.29, 1.82) is 0 Å². The van der Waals surface area contributed by atoms with Gasteiger partial charge in [-0.2, -0.15) is 0 Å². The lowest BCUT2D eigenvalue weighted by Crippen LogP contribution is -1.60. The predicted molar refractivity (Wildman–Crippen MR) is 36.4 cm³/mol. The van der Waals surface area contributed by atoms with Crippen molar-refractivity contribution in [1.82, 2.24) is 10.4 Å². The zero-order chi connectivity index (χ0) is 6.81. The second-order valence-electron chi connectivity index (χ2n) is 1.69. The molecule has 2 aromatic rings. The summed E-state index contributed by atoms with van der Waals surface area (Å²) in [6.45, 7) is 0. The van der Waals surface area contributed by atoms with Crippen LogP contribution in [0.15, 0.2) is 22.0 Å². The van der Waals surface area contributed by atoms with Crippen LogP contribution in [0.1, 0.15) is 0 Å². The maximum absolute atomic E-state index is 4.77. The molecule has 0 bridgehead atoms. The molecule has 0 saturated carbocycles. The first-order chi connectivity index (χ1) is 4.97. The highest BCUT2D eigenvalue weighted by atomic mass is 32.1. The predicted octanol–water partition coefficient (Wildman–Crippen LogP) is 1.60. The Bertz CT molecular complexity index is 255. The van der Waals surface area contributed by atoms with Gasteiger partial charge in [0.25, 0.3) is 0 Å². The van der Waals surface area contributed by atoms with Gasteiger partial charge in [0.05, 0.1) is 4.88 Å². The van der Waals surface area contributed by atoms with Gasteiger partial charge in [-0.25, -0.2) is 0 Å². The Balaban J connectivity index is 2.48. The SMILES string of the molecule is [c]1nnoc1-c1cccs1. The maximum Gasteiger partial charge on any atom is 0.207 e. The molecule has 49 valence electrons. The first kappa shape index (κ1) is 5.61. The summed E-state index contributed by atoms with van der Waals surface area (Å²) >= 11 is 1.58. The Hall–Kier alpha value is -1.16. The molecule has 0 atom stereocenters. The van der Waals surface area contributed by atoms with Gasteiger partial charge in [-0.05, 0) is 11.4 Å². The van der Waals surface area contributed by atoms with Crippen LogP contribution in [0.2, 0.25) is 0 Å². The van der Waals surface area contributed by atoms with Gasteiger partial charge < -0.3 is 4.52 Å². The van der Waals surface area contributed by atoms with Gasteiger partial charge in [0.2, 0.25) is 5.76 Å². The molecule has 2 rings (SSSR count). The fourth-order valence-electron chi connectivity index (χ4n) is 0.655. The van der Waals surface area contributed by atoms with E-state index < -0.39 is 0 Å². The van der Waals surface area contributed by atoms with Gasteiger partial charge in [-0.1, -0.05) is 6.07 Å². The van der Waals surface area contributed by atoms with Crippen LogP contribution in [-0.2, 0) is 0 Å². The first-order valence-corrected chi connectivity index (χ1v) is 3.59. The van der Waals surface area contributed by atoms with Crippen molar-refractivity contribution < 1.29 is 4.52 Å². The molecule has 0 amide bonds. The van der Waals surface area contributed by atoms with E-state index in [1.165, 1.54) is 0 Å². The summed E-state index contributed by atoms with van der Waals surface area (Å²) in [6, 6.07) is 3.87. The van der Waals surface area contributed by atoms with Crippen LogP contribution in [0.25, 0.3) is 10.6 Å². The number of rotatable bonds is 1. The summed E-state index contributed by atoms with van der Waals surface area (Å²) in [5.74, 6) is 0.606. The molecule has 0 aliphatic carbocycles. The molecule has 10 heavy (non-hydrogen) atoms. The van der Waals surface area contributed by atoms with Crippen LogP contribution in [0, 0.1) is 6.20 Å². The molecule has 0 aliphatic rings. The molecule has 1 radical (unpaired) electrons. The lowest BCUT2D eigenvalue weighted by molar-refractivity contribution is 0.404. The molecular weight excluding hydrogens is 148 g/mol. The van der Waals surface area contributed by atoms with Crippen LogP contribution < -0.4 is 0 Å². The lowest BCUT2D eigenvalue weighted by Gasteiger charge is -1.80. The number of nitrogens with zero attached hydrogens (tertiary/aromatic N) is 2. The molecular formula is C6H3N2OS. The largest absolute Gasteiger partial charge is 0.335 e. The maximum atomic E-state index is 4.77. The summed E-state index contributed by atoms with van der Waals surface area (Å²) in [5, 5.41) is 8.71. The topological polar surface area (TPSA) is 38.9 Å². The van der Waals surface area contributed by atoms with Crippen molar-refractivity contribution >= 4 is 11.3 Å². The summed E-state index contributed by atoms with van der Waals surface area (Å²) < 4.78 is 4.77. The minimum Gasteiger partial charge on any atom is -0.335 e. The van der Waals surface area contributed by atoms with Crippen LogP contribution in [0.4, 0.5) is 0 Å². The molecule has 4 heteroatoms. The third-order valence-corrected chi connectivity index (χ3v) is 1.94. The molecule has 3 nitrogen and oxygen atoms in total. The van der Waals surface area contributed by atoms with Gasteiger partial charge >= 0.3 is 0 Å². The van der Waals surface area contributed by atoms with Crippen molar-refractivity contribution in [2.45, 2.75) is 0 Å². The number of hydrogen-bond donors (Lipinski definition) is 0.